The Kier molecular flexibility index (Phi) is 10.8. The van der Waals surface area contributed by atoms with Gasteiger partial charge in [-0.1, -0.05) is 48.5 Å². The van der Waals surface area contributed by atoms with Crippen LogP contribution in [0.5, 0.6) is 17.2 Å². The number of carbonyl (C=O) groups is 3. The van der Waals surface area contributed by atoms with Gasteiger partial charge in [0.2, 0.25) is 0 Å². The molecule has 9 nitrogen and oxygen atoms in total. The Balaban J connectivity index is 1.37. The first-order valence-electron chi connectivity index (χ1n) is 13.6. The van der Waals surface area contributed by atoms with Crippen LogP contribution < -0.4 is 25.0 Å². The Labute approximate surface area is 249 Å². The van der Waals surface area contributed by atoms with E-state index in [0.29, 0.717) is 41.5 Å². The van der Waals surface area contributed by atoms with E-state index in [4.69, 9.17) is 14.2 Å². The zero-order valence-corrected chi connectivity index (χ0v) is 23.8. The van der Waals surface area contributed by atoms with Gasteiger partial charge in [0.25, 0.3) is 11.8 Å². The molecule has 0 bridgehead atoms. The molecule has 0 unspecified atom stereocenters. The van der Waals surface area contributed by atoms with E-state index in [9.17, 15) is 14.4 Å². The molecule has 4 aromatic carbocycles. The van der Waals surface area contributed by atoms with Gasteiger partial charge in [-0.15, -0.1) is 0 Å². The lowest BCUT2D eigenvalue weighted by Crippen LogP contribution is -2.18. The largest absolute Gasteiger partial charge is 0.490 e. The number of nitrogens with one attached hydrogen (secondary N) is 2. The Hall–Kier alpha value is -5.70. The number of carbonyl (C=O) groups excluding carboxylic acids is 3. The van der Waals surface area contributed by atoms with Crippen molar-refractivity contribution in [1.82, 2.24) is 5.43 Å². The number of hydrogen-bond acceptors (Lipinski definition) is 7. The smallest absolute Gasteiger partial charge is 0.336 e. The number of hydrazone groups is 1. The maximum Gasteiger partial charge on any atom is 0.336 e. The molecular formula is C34H31N3O6. The number of esters is 1. The lowest BCUT2D eigenvalue weighted by Gasteiger charge is -2.12. The van der Waals surface area contributed by atoms with E-state index >= 15 is 0 Å². The molecule has 218 valence electrons. The average Bonchev–Trinajstić information content (AvgIpc) is 3.02. The standard InChI is InChI=1S/C34H31N3O6/c1-3-41-30-19-18-26(22-31(30)42-4-2)33(39)36-28-15-10-14-25(21-28)34(40)37-35-23-27-13-8-9-16-29(27)43-32(38)20-17-24-11-6-5-7-12-24/h5-23H,3-4H2,1-2H3,(H,36,39)(H,37,40)/b20-17+,35-23?. The van der Waals surface area contributed by atoms with Crippen molar-refractivity contribution in [3.8, 4) is 17.2 Å². The topological polar surface area (TPSA) is 115 Å². The minimum atomic E-state index is -0.549. The van der Waals surface area contributed by atoms with Crippen molar-refractivity contribution < 1.29 is 28.6 Å². The molecule has 43 heavy (non-hydrogen) atoms. The molecule has 2 N–H and O–H groups in total. The van der Waals surface area contributed by atoms with Crippen LogP contribution in [0, 0.1) is 0 Å². The minimum Gasteiger partial charge on any atom is -0.490 e. The highest BCUT2D eigenvalue weighted by Gasteiger charge is 2.13. The Bertz CT molecular complexity index is 1630. The maximum atomic E-state index is 12.9. The zero-order valence-electron chi connectivity index (χ0n) is 23.8. The van der Waals surface area contributed by atoms with Gasteiger partial charge in [-0.3, -0.25) is 9.59 Å². The highest BCUT2D eigenvalue weighted by molar-refractivity contribution is 6.05. The number of nitrogens with zero attached hydrogens (tertiary/aromatic N) is 1. The van der Waals surface area contributed by atoms with Gasteiger partial charge in [0.05, 0.1) is 19.4 Å². The second-order valence-corrected chi connectivity index (χ2v) is 8.96. The van der Waals surface area contributed by atoms with Crippen LogP contribution >= 0.6 is 0 Å². The minimum absolute atomic E-state index is 0.280. The van der Waals surface area contributed by atoms with Crippen molar-refractivity contribution in [2.45, 2.75) is 13.8 Å². The fourth-order valence-electron chi connectivity index (χ4n) is 3.91. The van der Waals surface area contributed by atoms with Crippen LogP contribution in [0.2, 0.25) is 0 Å². The number of anilines is 1. The van der Waals surface area contributed by atoms with Crippen molar-refractivity contribution in [2.75, 3.05) is 18.5 Å². The summed E-state index contributed by atoms with van der Waals surface area (Å²) in [6, 6.07) is 27.6. The molecule has 0 fully saturated rings. The quantitative estimate of drug-likeness (QED) is 0.0689. The van der Waals surface area contributed by atoms with Crippen LogP contribution in [0.4, 0.5) is 5.69 Å². The number of amides is 2. The van der Waals surface area contributed by atoms with Gasteiger partial charge >= 0.3 is 5.97 Å². The summed E-state index contributed by atoms with van der Waals surface area (Å²) in [4.78, 5) is 38.0. The van der Waals surface area contributed by atoms with E-state index < -0.39 is 11.9 Å². The van der Waals surface area contributed by atoms with Crippen LogP contribution in [0.25, 0.3) is 6.08 Å². The van der Waals surface area contributed by atoms with Gasteiger partial charge in [-0.05, 0) is 74.0 Å². The summed E-state index contributed by atoms with van der Waals surface area (Å²) in [7, 11) is 0. The number of rotatable bonds is 12. The first-order chi connectivity index (χ1) is 21.0. The third-order valence-electron chi connectivity index (χ3n) is 5.90. The van der Waals surface area contributed by atoms with Gasteiger partial charge in [0.1, 0.15) is 5.75 Å². The number of para-hydroxylation sites is 1. The van der Waals surface area contributed by atoms with E-state index in [1.807, 2.05) is 44.2 Å². The normalized spacial score (nSPS) is 10.8. The second-order valence-electron chi connectivity index (χ2n) is 8.96. The second kappa shape index (κ2) is 15.3. The van der Waals surface area contributed by atoms with Gasteiger partial charge in [-0.25, -0.2) is 10.2 Å². The summed E-state index contributed by atoms with van der Waals surface area (Å²) >= 11 is 0. The molecule has 0 atom stereocenters. The van der Waals surface area contributed by atoms with Gasteiger partial charge in [0.15, 0.2) is 11.5 Å². The maximum absolute atomic E-state index is 12.9. The third kappa shape index (κ3) is 8.89. The highest BCUT2D eigenvalue weighted by Crippen LogP contribution is 2.29. The molecule has 4 aromatic rings. The number of hydrogen-bond donors (Lipinski definition) is 2. The SMILES string of the molecule is CCOc1ccc(C(=O)Nc2cccc(C(=O)NN=Cc3ccccc3OC(=O)/C=C/c3ccccc3)c2)cc1OCC. The lowest BCUT2D eigenvalue weighted by atomic mass is 10.1. The van der Waals surface area contributed by atoms with E-state index in [0.717, 1.165) is 5.56 Å². The number of ether oxygens (including phenoxy) is 3. The molecule has 4 rings (SSSR count). The summed E-state index contributed by atoms with van der Waals surface area (Å²) in [5, 5.41) is 6.82. The molecule has 0 heterocycles. The first-order valence-corrected chi connectivity index (χ1v) is 13.6. The van der Waals surface area contributed by atoms with Crippen LogP contribution in [-0.2, 0) is 4.79 Å². The first kappa shape index (κ1) is 30.3. The molecule has 0 radical (unpaired) electrons. The number of benzene rings is 4. The monoisotopic (exact) mass is 577 g/mol. The summed E-state index contributed by atoms with van der Waals surface area (Å²) in [5.74, 6) is -0.0953. The fraction of sp³-hybridized carbons (Fsp3) is 0.118. The van der Waals surface area contributed by atoms with Gasteiger partial charge in [-0.2, -0.15) is 5.10 Å². The van der Waals surface area contributed by atoms with Crippen LogP contribution in [-0.4, -0.2) is 37.2 Å². The summed E-state index contributed by atoms with van der Waals surface area (Å²) in [6.07, 6.45) is 4.38. The van der Waals surface area contributed by atoms with Crippen molar-refractivity contribution >= 4 is 35.8 Å². The fourth-order valence-corrected chi connectivity index (χ4v) is 3.91. The molecule has 0 saturated carbocycles. The van der Waals surface area contributed by atoms with Gasteiger partial charge < -0.3 is 19.5 Å². The predicted octanol–water partition coefficient (Wildman–Crippen LogP) is 6.12. The van der Waals surface area contributed by atoms with Crippen LogP contribution in [0.1, 0.15) is 45.7 Å². The Morgan fingerprint density at radius 1 is 0.721 bits per heavy atom. The zero-order chi connectivity index (χ0) is 30.4. The van der Waals surface area contributed by atoms with Crippen molar-refractivity contribution in [3.05, 3.63) is 125 Å². The van der Waals surface area contributed by atoms with E-state index in [1.54, 1.807) is 66.7 Å². The van der Waals surface area contributed by atoms with Crippen LogP contribution in [0.15, 0.2) is 108 Å². The Morgan fingerprint density at radius 3 is 2.23 bits per heavy atom. The van der Waals surface area contributed by atoms with Gasteiger partial charge in [0, 0.05) is 28.5 Å². The Morgan fingerprint density at radius 2 is 1.44 bits per heavy atom. The summed E-state index contributed by atoms with van der Waals surface area (Å²) in [5.41, 5.74) is 4.90. The molecule has 0 aliphatic rings. The van der Waals surface area contributed by atoms with Crippen LogP contribution in [0.3, 0.4) is 0 Å². The molecular weight excluding hydrogens is 546 g/mol. The summed E-state index contributed by atoms with van der Waals surface area (Å²) in [6.45, 7) is 4.61. The van der Waals surface area contributed by atoms with Crippen molar-refractivity contribution in [2.24, 2.45) is 5.10 Å². The highest BCUT2D eigenvalue weighted by atomic mass is 16.5. The molecule has 0 aromatic heterocycles. The molecule has 0 spiro atoms. The predicted molar refractivity (Wildman–Crippen MR) is 166 cm³/mol. The van der Waals surface area contributed by atoms with Crippen molar-refractivity contribution in [1.29, 1.82) is 0 Å². The van der Waals surface area contributed by atoms with Crippen molar-refractivity contribution in [3.63, 3.8) is 0 Å². The molecule has 0 aliphatic heterocycles. The van der Waals surface area contributed by atoms with E-state index in [2.05, 4.69) is 15.8 Å². The average molecular weight is 578 g/mol. The molecule has 2 amide bonds. The molecule has 0 saturated heterocycles. The lowest BCUT2D eigenvalue weighted by molar-refractivity contribution is -0.128. The summed E-state index contributed by atoms with van der Waals surface area (Å²) < 4.78 is 16.6. The third-order valence-corrected chi connectivity index (χ3v) is 5.90. The van der Waals surface area contributed by atoms with E-state index in [1.165, 1.54) is 18.4 Å². The molecule has 9 heteroatoms. The van der Waals surface area contributed by atoms with E-state index in [-0.39, 0.29) is 17.2 Å². The molecule has 0 aliphatic carbocycles.